The average molecular weight is 465 g/mol. The van der Waals surface area contributed by atoms with E-state index in [2.05, 4.69) is 29.6 Å². The van der Waals surface area contributed by atoms with Gasteiger partial charge in [0.2, 0.25) is 5.91 Å². The summed E-state index contributed by atoms with van der Waals surface area (Å²) in [5, 5.41) is 11.9. The Morgan fingerprint density at radius 3 is 2.41 bits per heavy atom. The van der Waals surface area contributed by atoms with Crippen LogP contribution in [0.1, 0.15) is 29.9 Å². The lowest BCUT2D eigenvalue weighted by Gasteiger charge is -2.35. The van der Waals surface area contributed by atoms with Gasteiger partial charge >= 0.3 is 12.1 Å². The molecule has 0 spiro atoms. The minimum Gasteiger partial charge on any atom is -0.481 e. The summed E-state index contributed by atoms with van der Waals surface area (Å²) in [6.45, 7) is 1.67. The Kier molecular flexibility index (Phi) is 6.24. The van der Waals surface area contributed by atoms with E-state index in [1.54, 1.807) is 4.90 Å². The highest BCUT2D eigenvalue weighted by Gasteiger charge is 2.46. The summed E-state index contributed by atoms with van der Waals surface area (Å²) in [6.07, 6.45) is 0.0657. The zero-order valence-corrected chi connectivity index (χ0v) is 18.8. The van der Waals surface area contributed by atoms with E-state index in [1.807, 2.05) is 24.3 Å². The SMILES string of the molecule is O=C(O)CC1COCCN1C(=O)[C@H]1C[C@H]1CNC(=O)OCC1c2ccccc2-c2ccccc21. The van der Waals surface area contributed by atoms with Gasteiger partial charge in [0.1, 0.15) is 6.61 Å². The number of carboxylic acid groups (broad SMARTS) is 1. The number of nitrogens with zero attached hydrogens (tertiary/aromatic N) is 1. The Hall–Kier alpha value is -3.39. The lowest BCUT2D eigenvalue weighted by molar-refractivity contribution is -0.147. The Bertz CT molecular complexity index is 1060. The molecule has 1 saturated heterocycles. The molecule has 178 valence electrons. The summed E-state index contributed by atoms with van der Waals surface area (Å²) in [6, 6.07) is 15.9. The summed E-state index contributed by atoms with van der Waals surface area (Å²) in [4.78, 5) is 38.0. The maximum absolute atomic E-state index is 12.9. The van der Waals surface area contributed by atoms with Gasteiger partial charge in [-0.2, -0.15) is 0 Å². The fraction of sp³-hybridized carbons (Fsp3) is 0.423. The van der Waals surface area contributed by atoms with Crippen LogP contribution in [0.2, 0.25) is 0 Å². The van der Waals surface area contributed by atoms with E-state index in [1.165, 1.54) is 11.1 Å². The van der Waals surface area contributed by atoms with Gasteiger partial charge in [0, 0.05) is 24.9 Å². The molecule has 2 aromatic rings. The molecular weight excluding hydrogens is 436 g/mol. The first-order valence-corrected chi connectivity index (χ1v) is 11.7. The fourth-order valence-corrected chi connectivity index (χ4v) is 5.17. The van der Waals surface area contributed by atoms with Crippen molar-refractivity contribution in [3.8, 4) is 11.1 Å². The molecule has 2 aliphatic carbocycles. The van der Waals surface area contributed by atoms with Gasteiger partial charge in [-0.15, -0.1) is 0 Å². The number of carboxylic acids is 1. The number of carbonyl (C=O) groups excluding carboxylic acids is 2. The van der Waals surface area contributed by atoms with Crippen molar-refractivity contribution < 1.29 is 29.0 Å². The molecule has 1 aliphatic heterocycles. The van der Waals surface area contributed by atoms with E-state index in [9.17, 15) is 14.4 Å². The van der Waals surface area contributed by atoms with Gasteiger partial charge in [0.15, 0.2) is 0 Å². The second-order valence-electron chi connectivity index (χ2n) is 9.17. The molecule has 2 aromatic carbocycles. The van der Waals surface area contributed by atoms with Crippen LogP contribution in [-0.4, -0.2) is 66.9 Å². The van der Waals surface area contributed by atoms with Crippen LogP contribution in [0, 0.1) is 11.8 Å². The number of aliphatic carboxylic acids is 1. The van der Waals surface area contributed by atoms with Crippen LogP contribution in [-0.2, 0) is 19.1 Å². The first kappa shape index (κ1) is 22.4. The predicted molar refractivity (Wildman–Crippen MR) is 123 cm³/mol. The van der Waals surface area contributed by atoms with E-state index in [0.717, 1.165) is 11.1 Å². The molecule has 8 heteroatoms. The molecule has 3 atom stereocenters. The number of nitrogens with one attached hydrogen (secondary N) is 1. The van der Waals surface area contributed by atoms with Crippen molar-refractivity contribution in [3.63, 3.8) is 0 Å². The van der Waals surface area contributed by atoms with Crippen molar-refractivity contribution in [1.82, 2.24) is 10.2 Å². The van der Waals surface area contributed by atoms with Crippen LogP contribution in [0.4, 0.5) is 4.79 Å². The van der Waals surface area contributed by atoms with E-state index >= 15 is 0 Å². The molecule has 3 aliphatic rings. The van der Waals surface area contributed by atoms with E-state index in [0.29, 0.717) is 26.1 Å². The Morgan fingerprint density at radius 2 is 1.74 bits per heavy atom. The molecule has 0 radical (unpaired) electrons. The number of benzene rings is 2. The van der Waals surface area contributed by atoms with Crippen molar-refractivity contribution in [2.24, 2.45) is 11.8 Å². The minimum atomic E-state index is -0.947. The zero-order chi connectivity index (χ0) is 23.7. The number of fused-ring (bicyclic) bond motifs is 3. The molecule has 1 saturated carbocycles. The first-order valence-electron chi connectivity index (χ1n) is 11.7. The minimum absolute atomic E-state index is 0.000824. The molecular formula is C26H28N2O6. The molecule has 2 N–H and O–H groups in total. The van der Waals surface area contributed by atoms with Gasteiger partial charge in [-0.3, -0.25) is 9.59 Å². The highest BCUT2D eigenvalue weighted by Crippen LogP contribution is 2.44. The van der Waals surface area contributed by atoms with Gasteiger partial charge in [-0.1, -0.05) is 48.5 Å². The number of morpholine rings is 1. The maximum atomic E-state index is 12.9. The summed E-state index contributed by atoms with van der Waals surface area (Å²) >= 11 is 0. The summed E-state index contributed by atoms with van der Waals surface area (Å²) in [5.74, 6) is -1.14. The van der Waals surface area contributed by atoms with E-state index in [4.69, 9.17) is 14.6 Å². The summed E-state index contributed by atoms with van der Waals surface area (Å²) < 4.78 is 10.9. The summed E-state index contributed by atoms with van der Waals surface area (Å²) in [7, 11) is 0. The lowest BCUT2D eigenvalue weighted by Crippen LogP contribution is -2.50. The van der Waals surface area contributed by atoms with Crippen LogP contribution in [0.25, 0.3) is 11.1 Å². The third-order valence-electron chi connectivity index (χ3n) is 7.01. The van der Waals surface area contributed by atoms with Crippen LogP contribution in [0.3, 0.4) is 0 Å². The molecule has 2 amide bonds. The number of hydrogen-bond acceptors (Lipinski definition) is 5. The molecule has 34 heavy (non-hydrogen) atoms. The lowest BCUT2D eigenvalue weighted by atomic mass is 9.98. The standard InChI is InChI=1S/C26H28N2O6/c29-24(30)12-17-14-33-10-9-28(17)25(31)22-11-16(22)13-27-26(32)34-15-23-20-7-3-1-5-18(20)19-6-2-4-8-21(19)23/h1-8,16-17,22-23H,9-15H2,(H,27,32)(H,29,30)/t16-,17?,22-/m0/s1. The molecule has 1 unspecified atom stereocenters. The van der Waals surface area contributed by atoms with E-state index < -0.39 is 18.1 Å². The van der Waals surface area contributed by atoms with Crippen LogP contribution in [0.15, 0.2) is 48.5 Å². The maximum Gasteiger partial charge on any atom is 0.407 e. The Labute approximate surface area is 197 Å². The Balaban J connectivity index is 1.11. The third-order valence-corrected chi connectivity index (χ3v) is 7.01. The third kappa shape index (κ3) is 4.50. The van der Waals surface area contributed by atoms with Crippen molar-refractivity contribution >= 4 is 18.0 Å². The van der Waals surface area contributed by atoms with Crippen molar-refractivity contribution in [3.05, 3.63) is 59.7 Å². The second kappa shape index (κ2) is 9.46. The number of alkyl carbamates (subject to hydrolysis) is 1. The van der Waals surface area contributed by atoms with Gasteiger partial charge in [-0.25, -0.2) is 4.79 Å². The smallest absolute Gasteiger partial charge is 0.407 e. The fourth-order valence-electron chi connectivity index (χ4n) is 5.17. The van der Waals surface area contributed by atoms with Crippen LogP contribution in [0.5, 0.6) is 0 Å². The Morgan fingerprint density at radius 1 is 1.06 bits per heavy atom. The average Bonchev–Trinajstić information content (AvgIpc) is 3.56. The first-order chi connectivity index (χ1) is 16.5. The van der Waals surface area contributed by atoms with Crippen LogP contribution < -0.4 is 5.32 Å². The molecule has 8 nitrogen and oxygen atoms in total. The molecule has 1 heterocycles. The number of carbonyl (C=O) groups is 3. The van der Waals surface area contributed by atoms with Gasteiger partial charge in [-0.05, 0) is 34.6 Å². The van der Waals surface area contributed by atoms with Gasteiger partial charge in [0.25, 0.3) is 0 Å². The number of hydrogen-bond donors (Lipinski definition) is 2. The van der Waals surface area contributed by atoms with Crippen molar-refractivity contribution in [2.75, 3.05) is 32.9 Å². The topological polar surface area (TPSA) is 105 Å². The quantitative estimate of drug-likeness (QED) is 0.653. The second-order valence-corrected chi connectivity index (χ2v) is 9.17. The number of amides is 2. The monoisotopic (exact) mass is 464 g/mol. The molecule has 5 rings (SSSR count). The zero-order valence-electron chi connectivity index (χ0n) is 18.8. The normalized spacial score (nSPS) is 23.1. The highest BCUT2D eigenvalue weighted by molar-refractivity contribution is 5.83. The van der Waals surface area contributed by atoms with Gasteiger partial charge < -0.3 is 24.8 Å². The van der Waals surface area contributed by atoms with Gasteiger partial charge in [0.05, 0.1) is 25.7 Å². The number of ether oxygens (including phenoxy) is 2. The molecule has 0 bridgehead atoms. The highest BCUT2D eigenvalue weighted by atomic mass is 16.5. The summed E-state index contributed by atoms with van der Waals surface area (Å²) in [5.41, 5.74) is 4.67. The van der Waals surface area contributed by atoms with E-state index in [-0.39, 0.29) is 43.3 Å². The van der Waals surface area contributed by atoms with Crippen LogP contribution >= 0.6 is 0 Å². The van der Waals surface area contributed by atoms with Crippen molar-refractivity contribution in [2.45, 2.75) is 24.8 Å². The molecule has 2 fully saturated rings. The van der Waals surface area contributed by atoms with Crippen molar-refractivity contribution in [1.29, 1.82) is 0 Å². The predicted octanol–water partition coefficient (Wildman–Crippen LogP) is 2.86. The molecule has 0 aromatic heterocycles. The largest absolute Gasteiger partial charge is 0.481 e. The number of rotatable bonds is 7.